The first-order valence-corrected chi connectivity index (χ1v) is 10.9. The number of rotatable bonds is 9. The van der Waals surface area contributed by atoms with Crippen molar-refractivity contribution in [3.63, 3.8) is 0 Å². The molecule has 1 rings (SSSR count). The first-order valence-electron chi connectivity index (χ1n) is 10.1. The zero-order valence-electron chi connectivity index (χ0n) is 19.3. The van der Waals surface area contributed by atoms with Crippen molar-refractivity contribution < 1.29 is 42.9 Å². The summed E-state index contributed by atoms with van der Waals surface area (Å²) in [7, 11) is 0. The van der Waals surface area contributed by atoms with Gasteiger partial charge in [0.15, 0.2) is 23.7 Å². The number of carbonyl (C=O) groups excluding carboxylic acids is 4. The van der Waals surface area contributed by atoms with Crippen LogP contribution < -0.4 is 0 Å². The Balaban J connectivity index is 3.40. The largest absolute Gasteiger partial charge is 0.463 e. The summed E-state index contributed by atoms with van der Waals surface area (Å²) in [6, 6.07) is 0.216. The molecular formula is C20H33NO9S. The summed E-state index contributed by atoms with van der Waals surface area (Å²) < 4.78 is 29.5. The minimum Gasteiger partial charge on any atom is -0.463 e. The van der Waals surface area contributed by atoms with Crippen LogP contribution >= 0.6 is 11.9 Å². The molecule has 0 aromatic carbocycles. The van der Waals surface area contributed by atoms with Crippen molar-refractivity contribution in [2.45, 2.75) is 97.3 Å². The van der Waals surface area contributed by atoms with Gasteiger partial charge < -0.3 is 23.7 Å². The van der Waals surface area contributed by atoms with E-state index < -0.39 is 53.7 Å². The van der Waals surface area contributed by atoms with Crippen molar-refractivity contribution in [1.82, 2.24) is 4.31 Å². The van der Waals surface area contributed by atoms with Crippen molar-refractivity contribution in [3.8, 4) is 0 Å². The highest BCUT2D eigenvalue weighted by Crippen LogP contribution is 2.37. The molecule has 0 aromatic heterocycles. The fourth-order valence-corrected chi connectivity index (χ4v) is 4.48. The summed E-state index contributed by atoms with van der Waals surface area (Å²) in [6.45, 7) is 12.6. The van der Waals surface area contributed by atoms with Gasteiger partial charge in [-0.2, -0.15) is 0 Å². The van der Waals surface area contributed by atoms with Gasteiger partial charge in [0.05, 0.1) is 0 Å². The van der Waals surface area contributed by atoms with Gasteiger partial charge in [-0.25, -0.2) is 4.31 Å². The van der Waals surface area contributed by atoms with E-state index in [1.165, 1.54) is 39.6 Å². The highest BCUT2D eigenvalue weighted by atomic mass is 32.2. The molecule has 0 unspecified atom stereocenters. The van der Waals surface area contributed by atoms with E-state index >= 15 is 0 Å². The number of hydrogen-bond donors (Lipinski definition) is 0. The fourth-order valence-electron chi connectivity index (χ4n) is 3.23. The molecule has 1 aliphatic rings. The molecule has 10 nitrogen and oxygen atoms in total. The van der Waals surface area contributed by atoms with Gasteiger partial charge >= 0.3 is 23.9 Å². The topological polar surface area (TPSA) is 118 Å². The van der Waals surface area contributed by atoms with E-state index in [9.17, 15) is 19.2 Å². The van der Waals surface area contributed by atoms with E-state index in [-0.39, 0.29) is 18.7 Å². The normalized spacial score (nSPS) is 26.0. The third-order valence-electron chi connectivity index (χ3n) is 4.19. The molecule has 11 heteroatoms. The minimum atomic E-state index is -1.15. The van der Waals surface area contributed by atoms with Crippen LogP contribution in [0.5, 0.6) is 0 Å². The highest BCUT2D eigenvalue weighted by Gasteiger charge is 2.53. The van der Waals surface area contributed by atoms with Crippen molar-refractivity contribution in [2.75, 3.05) is 6.61 Å². The van der Waals surface area contributed by atoms with Crippen LogP contribution in [-0.4, -0.2) is 76.7 Å². The number of nitrogens with zero attached hydrogens (tertiary/aromatic N) is 1. The lowest BCUT2D eigenvalue weighted by molar-refractivity contribution is -0.237. The van der Waals surface area contributed by atoms with Gasteiger partial charge in [0.1, 0.15) is 12.7 Å². The van der Waals surface area contributed by atoms with Crippen molar-refractivity contribution in [1.29, 1.82) is 0 Å². The van der Waals surface area contributed by atoms with Crippen LogP contribution in [0.1, 0.15) is 55.4 Å². The summed E-state index contributed by atoms with van der Waals surface area (Å²) in [4.78, 5) is 46.8. The molecule has 1 heterocycles. The molecule has 1 aliphatic heterocycles. The zero-order valence-corrected chi connectivity index (χ0v) is 20.1. The van der Waals surface area contributed by atoms with Crippen molar-refractivity contribution in [2.24, 2.45) is 0 Å². The summed E-state index contributed by atoms with van der Waals surface area (Å²) in [5.74, 6) is -2.47. The Kier molecular flexibility index (Phi) is 10.7. The van der Waals surface area contributed by atoms with Crippen LogP contribution in [0.3, 0.4) is 0 Å². The van der Waals surface area contributed by atoms with E-state index in [4.69, 9.17) is 23.7 Å². The van der Waals surface area contributed by atoms with Crippen LogP contribution in [0.15, 0.2) is 0 Å². The number of hydrogen-bond acceptors (Lipinski definition) is 11. The molecule has 178 valence electrons. The van der Waals surface area contributed by atoms with Gasteiger partial charge in [-0.3, -0.25) is 19.2 Å². The average molecular weight is 464 g/mol. The maximum Gasteiger partial charge on any atom is 0.303 e. The summed E-state index contributed by atoms with van der Waals surface area (Å²) in [6.07, 6.45) is -4.31. The summed E-state index contributed by atoms with van der Waals surface area (Å²) in [5.41, 5.74) is -0.814. The van der Waals surface area contributed by atoms with Gasteiger partial charge in [0.25, 0.3) is 0 Å². The Hall–Kier alpha value is -1.85. The third-order valence-corrected chi connectivity index (χ3v) is 5.87. The lowest BCUT2D eigenvalue weighted by atomic mass is 9.99. The molecule has 31 heavy (non-hydrogen) atoms. The standard InChI is InChI=1S/C20H33NO9S/c1-10(2)21(11(3)4)31-20-19(29-15(8)25)18(28-14(7)24)17(27-13(6)23)16(30-20)9-26-12(5)22/h10-11,16-20H,9H2,1-8H3/t16-,17-,18+,19-,20+/m1/s1. The van der Waals surface area contributed by atoms with Crippen LogP contribution in [-0.2, 0) is 42.9 Å². The smallest absolute Gasteiger partial charge is 0.303 e. The Morgan fingerprint density at radius 1 is 0.774 bits per heavy atom. The van der Waals surface area contributed by atoms with Crippen LogP contribution in [0, 0.1) is 0 Å². The van der Waals surface area contributed by atoms with E-state index in [1.54, 1.807) is 0 Å². The Labute approximate surface area is 187 Å². The molecule has 0 aromatic rings. The zero-order chi connectivity index (χ0) is 23.9. The maximum absolute atomic E-state index is 11.8. The van der Waals surface area contributed by atoms with E-state index in [0.717, 1.165) is 0 Å². The molecule has 0 amide bonds. The number of ether oxygens (including phenoxy) is 5. The quantitative estimate of drug-likeness (QED) is 0.283. The summed E-state index contributed by atoms with van der Waals surface area (Å²) in [5, 5.41) is 0. The predicted molar refractivity (Wildman–Crippen MR) is 112 cm³/mol. The van der Waals surface area contributed by atoms with Crippen molar-refractivity contribution >= 4 is 35.8 Å². The molecule has 0 radical (unpaired) electrons. The third kappa shape index (κ3) is 8.66. The number of carbonyl (C=O) groups is 4. The van der Waals surface area contributed by atoms with Crippen LogP contribution in [0.2, 0.25) is 0 Å². The molecular weight excluding hydrogens is 430 g/mol. The van der Waals surface area contributed by atoms with Crippen LogP contribution in [0.25, 0.3) is 0 Å². The first kappa shape index (κ1) is 27.2. The monoisotopic (exact) mass is 463 g/mol. The average Bonchev–Trinajstić information content (AvgIpc) is 2.60. The second-order valence-electron chi connectivity index (χ2n) is 7.72. The lowest BCUT2D eigenvalue weighted by Gasteiger charge is -2.45. The van der Waals surface area contributed by atoms with E-state index in [0.29, 0.717) is 0 Å². The van der Waals surface area contributed by atoms with Crippen molar-refractivity contribution in [3.05, 3.63) is 0 Å². The second kappa shape index (κ2) is 12.3. The molecule has 5 atom stereocenters. The Bertz CT molecular complexity index is 647. The SMILES string of the molecule is CC(=O)OC[C@H]1O[C@@H](SN(C(C)C)C(C)C)[C@H](OC(C)=O)[C@@H](OC(C)=O)[C@@H]1OC(C)=O. The molecule has 0 bridgehead atoms. The molecule has 1 fully saturated rings. The molecule has 0 aliphatic carbocycles. The van der Waals surface area contributed by atoms with Gasteiger partial charge in [0.2, 0.25) is 0 Å². The molecule has 0 saturated carbocycles. The van der Waals surface area contributed by atoms with Gasteiger partial charge in [-0.1, -0.05) is 0 Å². The predicted octanol–water partition coefficient (Wildman–Crippen LogP) is 1.84. The summed E-state index contributed by atoms with van der Waals surface area (Å²) >= 11 is 1.28. The molecule has 1 saturated heterocycles. The highest BCUT2D eigenvalue weighted by molar-refractivity contribution is 7.97. The van der Waals surface area contributed by atoms with E-state index in [2.05, 4.69) is 0 Å². The van der Waals surface area contributed by atoms with Gasteiger partial charge in [-0.05, 0) is 39.6 Å². The minimum absolute atomic E-state index is 0.108. The maximum atomic E-state index is 11.8. The molecule has 0 N–H and O–H groups in total. The Morgan fingerprint density at radius 2 is 1.23 bits per heavy atom. The first-order chi connectivity index (χ1) is 14.3. The van der Waals surface area contributed by atoms with Crippen LogP contribution in [0.4, 0.5) is 0 Å². The van der Waals surface area contributed by atoms with Gasteiger partial charge in [0, 0.05) is 39.8 Å². The van der Waals surface area contributed by atoms with E-state index in [1.807, 2.05) is 32.0 Å². The molecule has 0 spiro atoms. The van der Waals surface area contributed by atoms with Gasteiger partial charge in [-0.15, -0.1) is 0 Å². The Morgan fingerprint density at radius 3 is 1.65 bits per heavy atom. The number of esters is 4. The fraction of sp³-hybridized carbons (Fsp3) is 0.800. The lowest BCUT2D eigenvalue weighted by Crippen LogP contribution is -2.62. The second-order valence-corrected chi connectivity index (χ2v) is 8.82.